The van der Waals surface area contributed by atoms with Crippen molar-refractivity contribution in [3.8, 4) is 0 Å². The largest absolute Gasteiger partial charge is 0.465 e. The van der Waals surface area contributed by atoms with Gasteiger partial charge in [-0.1, -0.05) is 11.6 Å². The van der Waals surface area contributed by atoms with Gasteiger partial charge in [-0.25, -0.2) is 9.78 Å². The molecule has 0 saturated carbocycles. The number of anilines is 1. The first-order valence-electron chi connectivity index (χ1n) is 6.41. The van der Waals surface area contributed by atoms with Crippen LogP contribution >= 0.6 is 11.6 Å². The summed E-state index contributed by atoms with van der Waals surface area (Å²) in [4.78, 5) is 18.3. The number of hydrogen-bond donors (Lipinski definition) is 1. The van der Waals surface area contributed by atoms with Crippen molar-refractivity contribution in [1.29, 1.82) is 0 Å². The minimum Gasteiger partial charge on any atom is -0.465 e. The fourth-order valence-electron chi connectivity index (χ4n) is 2.50. The number of carbonyl (C=O) groups excluding carboxylic acids is 1. The highest BCUT2D eigenvalue weighted by Crippen LogP contribution is 2.29. The molecule has 1 aliphatic heterocycles. The van der Waals surface area contributed by atoms with E-state index in [1.165, 1.54) is 7.11 Å². The second kappa shape index (κ2) is 5.30. The molecule has 0 aliphatic carbocycles. The first-order chi connectivity index (χ1) is 9.72. The minimum atomic E-state index is -0.393. The molecule has 0 unspecified atom stereocenters. The van der Waals surface area contributed by atoms with E-state index in [-0.39, 0.29) is 0 Å². The van der Waals surface area contributed by atoms with Gasteiger partial charge in [0.15, 0.2) is 0 Å². The van der Waals surface area contributed by atoms with Crippen molar-refractivity contribution in [1.82, 2.24) is 14.7 Å². The Morgan fingerprint density at radius 2 is 2.20 bits per heavy atom. The fourth-order valence-corrected chi connectivity index (χ4v) is 2.74. The average Bonchev–Trinajstić information content (AvgIpc) is 2.97. The predicted molar refractivity (Wildman–Crippen MR) is 76.6 cm³/mol. The fraction of sp³-hybridized carbons (Fsp3) is 0.385. The Labute approximate surface area is 121 Å². The van der Waals surface area contributed by atoms with Gasteiger partial charge in [0.2, 0.25) is 0 Å². The zero-order chi connectivity index (χ0) is 14.1. The normalized spacial score (nSPS) is 15.6. The third kappa shape index (κ3) is 2.10. The third-order valence-electron chi connectivity index (χ3n) is 3.45. The third-order valence-corrected chi connectivity index (χ3v) is 3.75. The number of pyridine rings is 1. The van der Waals surface area contributed by atoms with Crippen molar-refractivity contribution in [3.05, 3.63) is 29.2 Å². The molecule has 0 radical (unpaired) electrons. The standard InChI is InChI=1S/C13H15ClN4O2/c1-20-13(19)9-6-10(14)11-7-16-8-18(11)12(9)17-4-2-15-3-5-17/h6-8,15H,2-5H2,1H3. The molecule has 6 nitrogen and oxygen atoms in total. The Morgan fingerprint density at radius 1 is 1.45 bits per heavy atom. The van der Waals surface area contributed by atoms with Crippen molar-refractivity contribution in [2.75, 3.05) is 38.2 Å². The second-order valence-corrected chi connectivity index (χ2v) is 5.01. The highest BCUT2D eigenvalue weighted by atomic mass is 35.5. The summed E-state index contributed by atoms with van der Waals surface area (Å²) in [6.45, 7) is 3.39. The number of halogens is 1. The molecule has 3 heterocycles. The van der Waals surface area contributed by atoms with E-state index in [1.807, 2.05) is 4.40 Å². The lowest BCUT2D eigenvalue weighted by Crippen LogP contribution is -2.44. The van der Waals surface area contributed by atoms with Gasteiger partial charge in [-0.15, -0.1) is 0 Å². The summed E-state index contributed by atoms with van der Waals surface area (Å²) in [6.07, 6.45) is 3.36. The molecule has 1 aliphatic rings. The first-order valence-corrected chi connectivity index (χ1v) is 6.78. The van der Waals surface area contributed by atoms with Crippen LogP contribution < -0.4 is 10.2 Å². The van der Waals surface area contributed by atoms with Crippen molar-refractivity contribution in [3.63, 3.8) is 0 Å². The summed E-state index contributed by atoms with van der Waals surface area (Å²) in [5.74, 6) is 0.395. The van der Waals surface area contributed by atoms with E-state index in [2.05, 4.69) is 15.2 Å². The molecule has 0 bridgehead atoms. The van der Waals surface area contributed by atoms with Gasteiger partial charge in [0, 0.05) is 26.2 Å². The molecular weight excluding hydrogens is 280 g/mol. The van der Waals surface area contributed by atoms with Crippen LogP contribution in [0.2, 0.25) is 5.02 Å². The summed E-state index contributed by atoms with van der Waals surface area (Å²) >= 11 is 6.22. The molecule has 106 valence electrons. The number of hydrogen-bond acceptors (Lipinski definition) is 5. The number of carbonyl (C=O) groups is 1. The zero-order valence-electron chi connectivity index (χ0n) is 11.1. The van der Waals surface area contributed by atoms with Gasteiger partial charge >= 0.3 is 5.97 Å². The number of fused-ring (bicyclic) bond motifs is 1. The lowest BCUT2D eigenvalue weighted by Gasteiger charge is -2.31. The van der Waals surface area contributed by atoms with E-state index in [9.17, 15) is 4.79 Å². The molecule has 1 fully saturated rings. The molecule has 2 aromatic rings. The number of nitrogens with one attached hydrogen (secondary N) is 1. The average molecular weight is 295 g/mol. The number of ether oxygens (including phenoxy) is 1. The number of methoxy groups -OCH3 is 1. The second-order valence-electron chi connectivity index (χ2n) is 4.61. The van der Waals surface area contributed by atoms with E-state index < -0.39 is 5.97 Å². The van der Waals surface area contributed by atoms with Crippen LogP contribution in [-0.4, -0.2) is 48.6 Å². The maximum atomic E-state index is 12.0. The van der Waals surface area contributed by atoms with Gasteiger partial charge in [0.1, 0.15) is 17.7 Å². The summed E-state index contributed by atoms with van der Waals surface area (Å²) in [6, 6.07) is 1.65. The Kier molecular flexibility index (Phi) is 3.50. The SMILES string of the molecule is COC(=O)c1cc(Cl)c2cncn2c1N1CCNCC1. The number of piperazine rings is 1. The van der Waals surface area contributed by atoms with Crippen molar-refractivity contribution in [2.24, 2.45) is 0 Å². The lowest BCUT2D eigenvalue weighted by atomic mass is 10.2. The maximum Gasteiger partial charge on any atom is 0.341 e. The highest BCUT2D eigenvalue weighted by molar-refractivity contribution is 6.34. The number of rotatable bonds is 2. The molecule has 3 rings (SSSR count). The van der Waals surface area contributed by atoms with E-state index in [4.69, 9.17) is 16.3 Å². The molecule has 0 aromatic carbocycles. The molecule has 20 heavy (non-hydrogen) atoms. The van der Waals surface area contributed by atoms with Gasteiger partial charge in [0.25, 0.3) is 0 Å². The lowest BCUT2D eigenvalue weighted by molar-refractivity contribution is 0.0601. The Hall–Kier alpha value is -1.79. The van der Waals surface area contributed by atoms with E-state index >= 15 is 0 Å². The number of nitrogens with zero attached hydrogens (tertiary/aromatic N) is 3. The molecule has 7 heteroatoms. The van der Waals surface area contributed by atoms with E-state index in [1.54, 1.807) is 18.6 Å². The van der Waals surface area contributed by atoms with Crippen molar-refractivity contribution in [2.45, 2.75) is 0 Å². The van der Waals surface area contributed by atoms with Crippen LogP contribution in [0.15, 0.2) is 18.6 Å². The van der Waals surface area contributed by atoms with Crippen LogP contribution in [0.1, 0.15) is 10.4 Å². The Morgan fingerprint density at radius 3 is 2.90 bits per heavy atom. The topological polar surface area (TPSA) is 58.9 Å². The van der Waals surface area contributed by atoms with Crippen LogP contribution in [0, 0.1) is 0 Å². The zero-order valence-corrected chi connectivity index (χ0v) is 11.9. The van der Waals surface area contributed by atoms with Crippen LogP contribution in [0.5, 0.6) is 0 Å². The number of esters is 1. The molecular formula is C13H15ClN4O2. The predicted octanol–water partition coefficient (Wildman–Crippen LogP) is 1.18. The summed E-state index contributed by atoms with van der Waals surface area (Å²) in [5.41, 5.74) is 1.25. The summed E-state index contributed by atoms with van der Waals surface area (Å²) in [5, 5.41) is 3.78. The number of aromatic nitrogens is 2. The Balaban J connectivity index is 2.21. The molecule has 2 aromatic heterocycles. The molecule has 1 saturated heterocycles. The molecule has 1 N–H and O–H groups in total. The van der Waals surface area contributed by atoms with Crippen LogP contribution in [0.4, 0.5) is 5.82 Å². The monoisotopic (exact) mass is 294 g/mol. The van der Waals surface area contributed by atoms with Crippen molar-refractivity contribution >= 4 is 28.9 Å². The molecule has 0 atom stereocenters. The first kappa shape index (κ1) is 13.2. The molecule has 0 amide bonds. The van der Waals surface area contributed by atoms with Gasteiger partial charge in [-0.05, 0) is 6.07 Å². The van der Waals surface area contributed by atoms with Crippen LogP contribution in [-0.2, 0) is 4.74 Å². The smallest absolute Gasteiger partial charge is 0.341 e. The van der Waals surface area contributed by atoms with Crippen molar-refractivity contribution < 1.29 is 9.53 Å². The van der Waals surface area contributed by atoms with Gasteiger partial charge in [-0.2, -0.15) is 0 Å². The van der Waals surface area contributed by atoms with Gasteiger partial charge in [0.05, 0.1) is 23.8 Å². The minimum absolute atomic E-state index is 0.393. The van der Waals surface area contributed by atoms with E-state index in [0.29, 0.717) is 10.6 Å². The quantitative estimate of drug-likeness (QED) is 0.843. The van der Waals surface area contributed by atoms with Crippen LogP contribution in [0.3, 0.4) is 0 Å². The highest BCUT2D eigenvalue weighted by Gasteiger charge is 2.23. The number of imidazole rings is 1. The maximum absolute atomic E-state index is 12.0. The van der Waals surface area contributed by atoms with Gasteiger partial charge in [-0.3, -0.25) is 4.40 Å². The van der Waals surface area contributed by atoms with E-state index in [0.717, 1.165) is 37.5 Å². The van der Waals surface area contributed by atoms with Crippen LogP contribution in [0.25, 0.3) is 5.52 Å². The summed E-state index contributed by atoms with van der Waals surface area (Å²) < 4.78 is 6.72. The Bertz CT molecular complexity index is 649. The summed E-state index contributed by atoms with van der Waals surface area (Å²) in [7, 11) is 1.37. The van der Waals surface area contributed by atoms with Gasteiger partial charge < -0.3 is 15.0 Å². The molecule has 0 spiro atoms.